The fourth-order valence-corrected chi connectivity index (χ4v) is 5.01. The average molecular weight is 416 g/mol. The first-order valence-electron chi connectivity index (χ1n) is 8.83. The van der Waals surface area contributed by atoms with Gasteiger partial charge in [-0.25, -0.2) is 0 Å². The molecule has 2 aliphatic rings. The molecule has 2 fully saturated rings. The Morgan fingerprint density at radius 2 is 1.96 bits per heavy atom. The average Bonchev–Trinajstić information content (AvgIpc) is 3.15. The van der Waals surface area contributed by atoms with Gasteiger partial charge in [-0.2, -0.15) is 0 Å². The number of nitrogens with one attached hydrogen (secondary N) is 1. The molecule has 8 heteroatoms. The Morgan fingerprint density at radius 3 is 2.58 bits per heavy atom. The Hall–Kier alpha value is -0.950. The third kappa shape index (κ3) is 4.66. The van der Waals surface area contributed by atoms with Crippen molar-refractivity contribution < 1.29 is 9.59 Å². The maximum absolute atomic E-state index is 12.4. The van der Waals surface area contributed by atoms with Crippen LogP contribution in [0, 0.1) is 5.92 Å². The van der Waals surface area contributed by atoms with Crippen LogP contribution in [-0.2, 0) is 4.79 Å². The molecule has 1 aliphatic carbocycles. The first-order chi connectivity index (χ1) is 12.5. The molecule has 26 heavy (non-hydrogen) atoms. The predicted octanol–water partition coefficient (Wildman–Crippen LogP) is 3.14. The van der Waals surface area contributed by atoms with E-state index in [9.17, 15) is 9.59 Å². The highest BCUT2D eigenvalue weighted by atomic mass is 35.5. The van der Waals surface area contributed by atoms with Crippen molar-refractivity contribution in [2.45, 2.75) is 37.8 Å². The largest absolute Gasteiger partial charge is 0.349 e. The highest BCUT2D eigenvalue weighted by Crippen LogP contribution is 2.29. The van der Waals surface area contributed by atoms with E-state index in [1.807, 2.05) is 4.90 Å². The topological polar surface area (TPSA) is 75.4 Å². The van der Waals surface area contributed by atoms with Crippen molar-refractivity contribution in [3.8, 4) is 0 Å². The summed E-state index contributed by atoms with van der Waals surface area (Å²) in [6, 6.07) is 4.50. The molecular weight excluding hydrogens is 393 g/mol. The summed E-state index contributed by atoms with van der Waals surface area (Å²) in [5, 5.41) is 3.88. The van der Waals surface area contributed by atoms with Crippen LogP contribution in [0.15, 0.2) is 18.2 Å². The summed E-state index contributed by atoms with van der Waals surface area (Å²) < 4.78 is 0. The zero-order chi connectivity index (χ0) is 18.7. The summed E-state index contributed by atoms with van der Waals surface area (Å²) in [4.78, 5) is 26.7. The van der Waals surface area contributed by atoms with Gasteiger partial charge in [-0.1, -0.05) is 23.2 Å². The lowest BCUT2D eigenvalue weighted by Gasteiger charge is -2.33. The molecule has 0 bridgehead atoms. The summed E-state index contributed by atoms with van der Waals surface area (Å²) in [6.07, 6.45) is 3.31. The van der Waals surface area contributed by atoms with E-state index < -0.39 is 6.04 Å². The van der Waals surface area contributed by atoms with Crippen LogP contribution in [0.25, 0.3) is 0 Å². The summed E-state index contributed by atoms with van der Waals surface area (Å²) in [5.74, 6) is 1.80. The van der Waals surface area contributed by atoms with Gasteiger partial charge >= 0.3 is 0 Å². The molecule has 1 saturated heterocycles. The van der Waals surface area contributed by atoms with Crippen LogP contribution in [0.3, 0.4) is 0 Å². The molecule has 1 aromatic carbocycles. The van der Waals surface area contributed by atoms with Crippen LogP contribution in [0.5, 0.6) is 0 Å². The molecule has 3 rings (SSSR count). The Morgan fingerprint density at radius 1 is 1.23 bits per heavy atom. The second-order valence-corrected chi connectivity index (χ2v) is 8.79. The molecule has 3 N–H and O–H groups in total. The van der Waals surface area contributed by atoms with E-state index in [1.54, 1.807) is 30.0 Å². The summed E-state index contributed by atoms with van der Waals surface area (Å²) in [7, 11) is 0. The maximum Gasteiger partial charge on any atom is 0.253 e. The minimum absolute atomic E-state index is 0.0652. The number of nitrogens with zero attached hydrogens (tertiary/aromatic N) is 1. The number of rotatable bonds is 4. The van der Waals surface area contributed by atoms with Gasteiger partial charge in [0.1, 0.15) is 0 Å². The van der Waals surface area contributed by atoms with E-state index in [-0.39, 0.29) is 23.8 Å². The molecule has 0 aromatic heterocycles. The van der Waals surface area contributed by atoms with E-state index in [0.717, 1.165) is 43.9 Å². The first-order valence-corrected chi connectivity index (χ1v) is 10.7. The number of benzene rings is 1. The van der Waals surface area contributed by atoms with Gasteiger partial charge in [-0.3, -0.25) is 9.59 Å². The number of carbonyl (C=O) groups excluding carboxylic acids is 2. The molecule has 1 heterocycles. The minimum atomic E-state index is -0.434. The van der Waals surface area contributed by atoms with Gasteiger partial charge in [0.2, 0.25) is 5.91 Å². The van der Waals surface area contributed by atoms with Crippen LogP contribution < -0.4 is 11.1 Å². The second kappa shape index (κ2) is 8.83. The Kier molecular flexibility index (Phi) is 6.72. The van der Waals surface area contributed by atoms with Gasteiger partial charge in [0, 0.05) is 23.4 Å². The second-order valence-electron chi connectivity index (χ2n) is 6.87. The van der Waals surface area contributed by atoms with E-state index in [1.165, 1.54) is 0 Å². The number of nitrogens with two attached hydrogens (primary N) is 1. The molecule has 2 amide bonds. The first kappa shape index (κ1) is 19.8. The fraction of sp³-hybridized carbons (Fsp3) is 0.556. The van der Waals surface area contributed by atoms with Gasteiger partial charge in [0.15, 0.2) is 0 Å². The van der Waals surface area contributed by atoms with Crippen molar-refractivity contribution in [1.29, 1.82) is 0 Å². The number of halogens is 2. The monoisotopic (exact) mass is 415 g/mol. The van der Waals surface area contributed by atoms with E-state index >= 15 is 0 Å². The van der Waals surface area contributed by atoms with Crippen LogP contribution >= 0.6 is 35.0 Å². The zero-order valence-corrected chi connectivity index (χ0v) is 16.7. The van der Waals surface area contributed by atoms with Gasteiger partial charge in [-0.05, 0) is 49.8 Å². The number of carbonyl (C=O) groups is 2. The lowest BCUT2D eigenvalue weighted by molar-refractivity contribution is -0.132. The predicted molar refractivity (Wildman–Crippen MR) is 107 cm³/mol. The summed E-state index contributed by atoms with van der Waals surface area (Å²) >= 11 is 13.7. The lowest BCUT2D eigenvalue weighted by Crippen LogP contribution is -2.49. The molecule has 1 saturated carbocycles. The number of thioether (sulfide) groups is 1. The van der Waals surface area contributed by atoms with Gasteiger partial charge in [0.05, 0.1) is 22.5 Å². The number of hydrogen-bond donors (Lipinski definition) is 2. The fourth-order valence-electron chi connectivity index (χ4n) is 3.56. The van der Waals surface area contributed by atoms with Crippen molar-refractivity contribution in [2.24, 2.45) is 11.7 Å². The summed E-state index contributed by atoms with van der Waals surface area (Å²) in [5.41, 5.74) is 6.65. The third-order valence-corrected chi connectivity index (χ3v) is 6.65. The number of hydrogen-bond acceptors (Lipinski definition) is 4. The van der Waals surface area contributed by atoms with Gasteiger partial charge in [-0.15, -0.1) is 11.8 Å². The molecule has 1 unspecified atom stereocenters. The Labute approximate surface area is 168 Å². The molecule has 142 valence electrons. The van der Waals surface area contributed by atoms with E-state index in [4.69, 9.17) is 28.9 Å². The van der Waals surface area contributed by atoms with Crippen molar-refractivity contribution in [1.82, 2.24) is 10.2 Å². The van der Waals surface area contributed by atoms with E-state index in [2.05, 4.69) is 5.32 Å². The molecule has 1 aliphatic heterocycles. The van der Waals surface area contributed by atoms with Crippen molar-refractivity contribution in [3.63, 3.8) is 0 Å². The Bertz CT molecular complexity index is 674. The van der Waals surface area contributed by atoms with Gasteiger partial charge < -0.3 is 16.0 Å². The zero-order valence-electron chi connectivity index (χ0n) is 14.4. The molecule has 1 aromatic rings. The van der Waals surface area contributed by atoms with Crippen molar-refractivity contribution in [2.75, 3.05) is 18.2 Å². The van der Waals surface area contributed by atoms with Crippen LogP contribution in [-0.4, -0.2) is 47.0 Å². The smallest absolute Gasteiger partial charge is 0.253 e. The molecule has 1 atom stereocenters. The molecule has 0 radical (unpaired) electrons. The number of amides is 2. The Balaban J connectivity index is 1.50. The van der Waals surface area contributed by atoms with Crippen molar-refractivity contribution in [3.05, 3.63) is 33.8 Å². The lowest BCUT2D eigenvalue weighted by atomic mass is 9.81. The molecule has 5 nitrogen and oxygen atoms in total. The minimum Gasteiger partial charge on any atom is -0.349 e. The van der Waals surface area contributed by atoms with Crippen LogP contribution in [0.2, 0.25) is 10.0 Å². The van der Waals surface area contributed by atoms with E-state index in [0.29, 0.717) is 15.6 Å². The SMILES string of the molecule is NC(C(=O)N1CCSC1)C1CCC(NC(=O)c2ccc(Cl)cc2Cl)CC1. The van der Waals surface area contributed by atoms with Crippen molar-refractivity contribution >= 4 is 46.8 Å². The van der Waals surface area contributed by atoms with Crippen LogP contribution in [0.4, 0.5) is 0 Å². The van der Waals surface area contributed by atoms with Crippen LogP contribution in [0.1, 0.15) is 36.0 Å². The maximum atomic E-state index is 12.4. The standard InChI is InChI=1S/C18H23Cl2N3O2S/c19-12-3-6-14(15(20)9-12)17(24)22-13-4-1-11(2-5-13)16(21)18(25)23-7-8-26-10-23/h3,6,9,11,13,16H,1-2,4-5,7-8,10,21H2,(H,22,24). The molecular formula is C18H23Cl2N3O2S. The van der Waals surface area contributed by atoms with Gasteiger partial charge in [0.25, 0.3) is 5.91 Å². The highest BCUT2D eigenvalue weighted by molar-refractivity contribution is 7.99. The third-order valence-electron chi connectivity index (χ3n) is 5.14. The highest BCUT2D eigenvalue weighted by Gasteiger charge is 2.33. The quantitative estimate of drug-likeness (QED) is 0.791. The molecule has 0 spiro atoms. The summed E-state index contributed by atoms with van der Waals surface area (Å²) in [6.45, 7) is 0.796. The normalized spacial score (nSPS) is 24.3.